The molecule has 0 atom stereocenters. The number of para-hydroxylation sites is 1. The van der Waals surface area contributed by atoms with E-state index in [1.807, 2.05) is 43.3 Å². The van der Waals surface area contributed by atoms with Crippen LogP contribution in [0.2, 0.25) is 0 Å². The van der Waals surface area contributed by atoms with E-state index in [1.165, 1.54) is 6.20 Å². The van der Waals surface area contributed by atoms with E-state index in [2.05, 4.69) is 29.5 Å². The second-order valence-electron chi connectivity index (χ2n) is 6.06. The molecule has 0 spiro atoms. The Balaban J connectivity index is 2.10. The molecule has 1 heterocycles. The zero-order valence-corrected chi connectivity index (χ0v) is 14.7. The summed E-state index contributed by atoms with van der Waals surface area (Å²) in [6.07, 6.45) is 4.87. The van der Waals surface area contributed by atoms with Crippen LogP contribution >= 0.6 is 0 Å². The van der Waals surface area contributed by atoms with Crippen LogP contribution in [0.15, 0.2) is 54.5 Å². The summed E-state index contributed by atoms with van der Waals surface area (Å²) < 4.78 is 0. The quantitative estimate of drug-likeness (QED) is 0.624. The summed E-state index contributed by atoms with van der Waals surface area (Å²) in [4.78, 5) is 16.5. The Morgan fingerprint density at radius 3 is 2.76 bits per heavy atom. The maximum absolute atomic E-state index is 12.5. The van der Waals surface area contributed by atoms with Crippen molar-refractivity contribution in [2.75, 3.05) is 5.32 Å². The van der Waals surface area contributed by atoms with Gasteiger partial charge in [0.1, 0.15) is 11.6 Å². The van der Waals surface area contributed by atoms with Crippen LogP contribution in [-0.2, 0) is 11.3 Å². The lowest BCUT2D eigenvalue weighted by Crippen LogP contribution is -2.18. The van der Waals surface area contributed by atoms with E-state index >= 15 is 0 Å². The summed E-state index contributed by atoms with van der Waals surface area (Å²) in [5, 5.41) is 15.2. The largest absolute Gasteiger partial charge is 0.386 e. The highest BCUT2D eigenvalue weighted by Gasteiger charge is 2.15. The van der Waals surface area contributed by atoms with E-state index < -0.39 is 5.91 Å². The number of benzene rings is 1. The van der Waals surface area contributed by atoms with Gasteiger partial charge in [0.25, 0.3) is 5.91 Å². The topological polar surface area (TPSA) is 77.8 Å². The van der Waals surface area contributed by atoms with Gasteiger partial charge < -0.3 is 10.6 Å². The van der Waals surface area contributed by atoms with Gasteiger partial charge in [-0.3, -0.25) is 9.78 Å². The molecule has 5 nitrogen and oxygen atoms in total. The number of nitrogens with one attached hydrogen (secondary N) is 2. The number of nitriles is 1. The Morgan fingerprint density at radius 1 is 1.32 bits per heavy atom. The van der Waals surface area contributed by atoms with Crippen molar-refractivity contribution in [3.8, 4) is 6.07 Å². The maximum Gasteiger partial charge on any atom is 0.267 e. The zero-order valence-electron chi connectivity index (χ0n) is 14.7. The highest BCUT2D eigenvalue weighted by atomic mass is 16.1. The molecule has 2 aromatic rings. The molecule has 0 aliphatic rings. The second kappa shape index (κ2) is 8.65. The Morgan fingerprint density at radius 2 is 2.12 bits per heavy atom. The fourth-order valence-corrected chi connectivity index (χ4v) is 2.45. The van der Waals surface area contributed by atoms with Gasteiger partial charge in [-0.25, -0.2) is 0 Å². The zero-order chi connectivity index (χ0) is 18.2. The third kappa shape index (κ3) is 4.92. The van der Waals surface area contributed by atoms with Crippen molar-refractivity contribution in [3.63, 3.8) is 0 Å². The average Bonchev–Trinajstić information content (AvgIpc) is 2.61. The number of carbonyl (C=O) groups excluding carboxylic acids is 1. The van der Waals surface area contributed by atoms with Crippen LogP contribution in [0.25, 0.3) is 0 Å². The molecule has 0 saturated heterocycles. The first-order chi connectivity index (χ1) is 12.0. The molecule has 0 fully saturated rings. The van der Waals surface area contributed by atoms with Gasteiger partial charge in [0, 0.05) is 30.8 Å². The highest BCUT2D eigenvalue weighted by Crippen LogP contribution is 2.27. The normalized spacial score (nSPS) is 11.1. The van der Waals surface area contributed by atoms with Gasteiger partial charge >= 0.3 is 0 Å². The first-order valence-corrected chi connectivity index (χ1v) is 8.16. The number of hydrogen-bond donors (Lipinski definition) is 2. The van der Waals surface area contributed by atoms with Gasteiger partial charge in [-0.15, -0.1) is 0 Å². The highest BCUT2D eigenvalue weighted by molar-refractivity contribution is 6.07. The molecule has 128 valence electrons. The summed E-state index contributed by atoms with van der Waals surface area (Å²) in [6, 6.07) is 11.6. The second-order valence-corrected chi connectivity index (χ2v) is 6.06. The molecular formula is C20H22N4O. The van der Waals surface area contributed by atoms with E-state index in [0.717, 1.165) is 22.4 Å². The molecule has 1 amide bonds. The van der Waals surface area contributed by atoms with Gasteiger partial charge in [0.15, 0.2) is 0 Å². The molecule has 0 aliphatic carbocycles. The monoisotopic (exact) mass is 334 g/mol. The Labute approximate surface area is 148 Å². The summed E-state index contributed by atoms with van der Waals surface area (Å²) in [5.41, 5.74) is 3.80. The van der Waals surface area contributed by atoms with Crippen LogP contribution < -0.4 is 10.6 Å². The molecule has 2 N–H and O–H groups in total. The predicted octanol–water partition coefficient (Wildman–Crippen LogP) is 3.65. The maximum atomic E-state index is 12.5. The van der Waals surface area contributed by atoms with Crippen molar-refractivity contribution >= 4 is 11.6 Å². The number of anilines is 1. The Bertz CT molecular complexity index is 804. The minimum absolute atomic E-state index is 0.0295. The van der Waals surface area contributed by atoms with Gasteiger partial charge in [0.2, 0.25) is 0 Å². The van der Waals surface area contributed by atoms with Crippen LogP contribution in [0.3, 0.4) is 0 Å². The van der Waals surface area contributed by atoms with Gasteiger partial charge in [-0.1, -0.05) is 38.1 Å². The SMILES string of the molecule is Cc1cccc(C(C)C)c1NC(=O)/C(C#N)=C\NCc1cccnc1. The summed E-state index contributed by atoms with van der Waals surface area (Å²) in [5.74, 6) is -0.147. The van der Waals surface area contributed by atoms with Gasteiger partial charge in [-0.2, -0.15) is 5.26 Å². The van der Waals surface area contributed by atoms with Gasteiger partial charge in [-0.05, 0) is 35.6 Å². The van der Waals surface area contributed by atoms with Crippen LogP contribution in [0, 0.1) is 18.3 Å². The fraction of sp³-hybridized carbons (Fsp3) is 0.250. The standard InChI is InChI=1S/C20H22N4O/c1-14(2)18-8-4-6-15(3)19(18)24-20(25)17(10-21)13-23-12-16-7-5-9-22-11-16/h4-9,11,13-14,23H,12H2,1-3H3,(H,24,25)/b17-13-. The molecule has 1 aromatic carbocycles. The molecule has 0 bridgehead atoms. The van der Waals surface area contributed by atoms with Crippen molar-refractivity contribution in [1.29, 1.82) is 5.26 Å². The minimum atomic E-state index is -0.419. The van der Waals surface area contributed by atoms with E-state index in [0.29, 0.717) is 6.54 Å². The smallest absolute Gasteiger partial charge is 0.267 e. The summed E-state index contributed by atoms with van der Waals surface area (Å²) in [6.45, 7) is 6.58. The van der Waals surface area contributed by atoms with Crippen molar-refractivity contribution in [1.82, 2.24) is 10.3 Å². The number of aryl methyl sites for hydroxylation is 1. The van der Waals surface area contributed by atoms with Crippen LogP contribution in [0.1, 0.15) is 36.5 Å². The van der Waals surface area contributed by atoms with Crippen LogP contribution in [-0.4, -0.2) is 10.9 Å². The van der Waals surface area contributed by atoms with Crippen molar-refractivity contribution < 1.29 is 4.79 Å². The van der Waals surface area contributed by atoms with Crippen molar-refractivity contribution in [2.45, 2.75) is 33.2 Å². The third-order valence-electron chi connectivity index (χ3n) is 3.81. The fourth-order valence-electron chi connectivity index (χ4n) is 2.45. The lowest BCUT2D eigenvalue weighted by molar-refractivity contribution is -0.112. The number of pyridine rings is 1. The minimum Gasteiger partial charge on any atom is -0.386 e. The molecule has 0 saturated carbocycles. The first-order valence-electron chi connectivity index (χ1n) is 8.16. The number of nitrogens with zero attached hydrogens (tertiary/aromatic N) is 2. The molecule has 0 aliphatic heterocycles. The van der Waals surface area contributed by atoms with Crippen LogP contribution in [0.5, 0.6) is 0 Å². The molecule has 5 heteroatoms. The third-order valence-corrected chi connectivity index (χ3v) is 3.81. The van der Waals surface area contributed by atoms with E-state index in [4.69, 9.17) is 0 Å². The molecule has 1 aromatic heterocycles. The summed E-state index contributed by atoms with van der Waals surface area (Å²) >= 11 is 0. The average molecular weight is 334 g/mol. The number of rotatable bonds is 6. The molecule has 0 unspecified atom stereocenters. The van der Waals surface area contributed by atoms with Gasteiger partial charge in [0.05, 0.1) is 0 Å². The molecular weight excluding hydrogens is 312 g/mol. The predicted molar refractivity (Wildman–Crippen MR) is 98.7 cm³/mol. The lowest BCUT2D eigenvalue weighted by Gasteiger charge is -2.16. The summed E-state index contributed by atoms with van der Waals surface area (Å²) in [7, 11) is 0. The first kappa shape index (κ1) is 18.2. The van der Waals surface area contributed by atoms with Crippen molar-refractivity contribution in [3.05, 3.63) is 71.2 Å². The van der Waals surface area contributed by atoms with Crippen LogP contribution in [0.4, 0.5) is 5.69 Å². The lowest BCUT2D eigenvalue weighted by atomic mass is 9.98. The Hall–Kier alpha value is -3.13. The van der Waals surface area contributed by atoms with E-state index in [1.54, 1.807) is 12.4 Å². The number of aromatic nitrogens is 1. The number of carbonyl (C=O) groups is 1. The molecule has 0 radical (unpaired) electrons. The molecule has 2 rings (SSSR count). The van der Waals surface area contributed by atoms with Crippen molar-refractivity contribution in [2.24, 2.45) is 0 Å². The van der Waals surface area contributed by atoms with E-state index in [9.17, 15) is 10.1 Å². The van der Waals surface area contributed by atoms with E-state index in [-0.39, 0.29) is 11.5 Å². The number of hydrogen-bond acceptors (Lipinski definition) is 4. The molecule has 25 heavy (non-hydrogen) atoms. The Kier molecular flexibility index (Phi) is 6.30. The number of amides is 1.